The van der Waals surface area contributed by atoms with Crippen LogP contribution in [0, 0.1) is 24.4 Å². The molecule has 5 heteroatoms. The Bertz CT molecular complexity index is 797. The van der Waals surface area contributed by atoms with Gasteiger partial charge in [-0.1, -0.05) is 30.2 Å². The molecule has 0 N–H and O–H groups in total. The first-order chi connectivity index (χ1) is 9.93. The molecule has 2 aromatic carbocycles. The summed E-state index contributed by atoms with van der Waals surface area (Å²) in [5.41, 5.74) is 0.940. The Kier molecular flexibility index (Phi) is 3.86. The van der Waals surface area contributed by atoms with Gasteiger partial charge >= 0.3 is 12.1 Å². The summed E-state index contributed by atoms with van der Waals surface area (Å²) in [4.78, 5) is 10.6. The van der Waals surface area contributed by atoms with Crippen LogP contribution >= 0.6 is 0 Å². The molecule has 21 heavy (non-hydrogen) atoms. The molecular formula is C16H7F3O2. The minimum Gasteiger partial charge on any atom is -0.365 e. The number of alkyl halides is 3. The van der Waals surface area contributed by atoms with Gasteiger partial charge in [0.05, 0.1) is 0 Å². The number of rotatable bonds is 0. The van der Waals surface area contributed by atoms with Gasteiger partial charge in [-0.25, -0.2) is 4.79 Å². The Morgan fingerprint density at radius 3 is 2.29 bits per heavy atom. The molecule has 2 aromatic rings. The number of terminal acetylenes is 1. The maximum absolute atomic E-state index is 12.0. The predicted octanol–water partition coefficient (Wildman–Crippen LogP) is 3.24. The Balaban J connectivity index is 2.41. The van der Waals surface area contributed by atoms with E-state index in [0.29, 0.717) is 16.5 Å². The number of halogens is 3. The van der Waals surface area contributed by atoms with E-state index in [2.05, 4.69) is 16.6 Å². The lowest BCUT2D eigenvalue weighted by Crippen LogP contribution is -2.23. The van der Waals surface area contributed by atoms with E-state index in [4.69, 9.17) is 6.42 Å². The second-order valence-corrected chi connectivity index (χ2v) is 3.97. The van der Waals surface area contributed by atoms with Crippen molar-refractivity contribution in [2.75, 3.05) is 0 Å². The van der Waals surface area contributed by atoms with Gasteiger partial charge < -0.3 is 4.74 Å². The predicted molar refractivity (Wildman–Crippen MR) is 70.9 cm³/mol. The van der Waals surface area contributed by atoms with Crippen molar-refractivity contribution in [1.29, 1.82) is 0 Å². The van der Waals surface area contributed by atoms with Gasteiger partial charge in [-0.3, -0.25) is 0 Å². The summed E-state index contributed by atoms with van der Waals surface area (Å²) in [6.07, 6.45) is 2.08. The van der Waals surface area contributed by atoms with Crippen molar-refractivity contribution in [2.45, 2.75) is 6.18 Å². The molecule has 0 spiro atoms. The van der Waals surface area contributed by atoms with Gasteiger partial charge in [0.15, 0.2) is 0 Å². The molecule has 0 aliphatic carbocycles. The third-order valence-corrected chi connectivity index (χ3v) is 2.62. The molecule has 2 nitrogen and oxygen atoms in total. The van der Waals surface area contributed by atoms with E-state index in [9.17, 15) is 18.0 Å². The van der Waals surface area contributed by atoms with Crippen LogP contribution < -0.4 is 0 Å². The van der Waals surface area contributed by atoms with Crippen LogP contribution in [-0.4, -0.2) is 12.1 Å². The number of hydrogen-bond donors (Lipinski definition) is 0. The summed E-state index contributed by atoms with van der Waals surface area (Å²) in [5, 5.41) is 1.41. The van der Waals surface area contributed by atoms with E-state index in [1.165, 1.54) is 0 Å². The van der Waals surface area contributed by atoms with Crippen molar-refractivity contribution in [3.8, 4) is 24.4 Å². The summed E-state index contributed by atoms with van der Waals surface area (Å²) in [6.45, 7) is 0. The number of ether oxygens (including phenoxy) is 1. The largest absolute Gasteiger partial charge is 0.492 e. The minimum atomic E-state index is -5.07. The number of hydrogen-bond acceptors (Lipinski definition) is 2. The van der Waals surface area contributed by atoms with Gasteiger partial charge in [0.25, 0.3) is 0 Å². The molecule has 0 aliphatic heterocycles. The molecule has 2 rings (SSSR count). The first-order valence-electron chi connectivity index (χ1n) is 5.71. The Morgan fingerprint density at radius 1 is 1.10 bits per heavy atom. The van der Waals surface area contributed by atoms with Gasteiger partial charge in [0.1, 0.15) is 6.11 Å². The van der Waals surface area contributed by atoms with Crippen LogP contribution in [-0.2, 0) is 9.53 Å². The van der Waals surface area contributed by atoms with Gasteiger partial charge in [-0.05, 0) is 23.4 Å². The minimum absolute atomic E-state index is 0.385. The van der Waals surface area contributed by atoms with E-state index >= 15 is 0 Å². The SMILES string of the molecule is C#Cc1cccc2cccc(C#COC(=O)C(F)(F)F)c12. The van der Waals surface area contributed by atoms with Crippen LogP contribution in [0.3, 0.4) is 0 Å². The summed E-state index contributed by atoms with van der Waals surface area (Å²) in [6, 6.07) is 10.3. The Labute approximate surface area is 118 Å². The first-order valence-corrected chi connectivity index (χ1v) is 5.71. The van der Waals surface area contributed by atoms with Crippen LogP contribution in [0.15, 0.2) is 36.4 Å². The maximum Gasteiger partial charge on any atom is 0.492 e. The van der Waals surface area contributed by atoms with Crippen molar-refractivity contribution in [3.63, 3.8) is 0 Å². The highest BCUT2D eigenvalue weighted by Gasteiger charge is 2.41. The van der Waals surface area contributed by atoms with Crippen molar-refractivity contribution >= 4 is 16.7 Å². The summed E-state index contributed by atoms with van der Waals surface area (Å²) >= 11 is 0. The maximum atomic E-state index is 12.0. The molecule has 104 valence electrons. The van der Waals surface area contributed by atoms with Crippen molar-refractivity contribution < 1.29 is 22.7 Å². The molecule has 0 atom stereocenters. The van der Waals surface area contributed by atoms with E-state index in [1.807, 2.05) is 0 Å². The highest BCUT2D eigenvalue weighted by molar-refractivity contribution is 5.93. The quantitative estimate of drug-likeness (QED) is 0.549. The average molecular weight is 288 g/mol. The van der Waals surface area contributed by atoms with Gasteiger partial charge in [0, 0.05) is 16.5 Å². The first kappa shape index (κ1) is 14.5. The van der Waals surface area contributed by atoms with Crippen LogP contribution in [0.2, 0.25) is 0 Å². The highest BCUT2D eigenvalue weighted by Crippen LogP contribution is 2.22. The van der Waals surface area contributed by atoms with Gasteiger partial charge in [-0.2, -0.15) is 13.2 Å². The zero-order valence-electron chi connectivity index (χ0n) is 10.5. The standard InChI is InChI=1S/C16H7F3O2/c1-2-11-5-3-6-12-7-4-8-13(14(11)12)9-10-21-15(20)16(17,18)19/h1,3-8H. The lowest BCUT2D eigenvalue weighted by molar-refractivity contribution is -0.192. The third kappa shape index (κ3) is 3.16. The zero-order valence-corrected chi connectivity index (χ0v) is 10.5. The molecular weight excluding hydrogens is 281 g/mol. The van der Waals surface area contributed by atoms with E-state index < -0.39 is 12.1 Å². The molecule has 0 aromatic heterocycles. The Hall–Kier alpha value is -2.92. The fraction of sp³-hybridized carbons (Fsp3) is 0.0625. The number of benzene rings is 2. The number of carbonyl (C=O) groups is 1. The van der Waals surface area contributed by atoms with Crippen LogP contribution in [0.4, 0.5) is 13.2 Å². The lowest BCUT2D eigenvalue weighted by atomic mass is 10.00. The Morgan fingerprint density at radius 2 is 1.71 bits per heavy atom. The molecule has 0 unspecified atom stereocenters. The van der Waals surface area contributed by atoms with Crippen molar-refractivity contribution in [1.82, 2.24) is 0 Å². The lowest BCUT2D eigenvalue weighted by Gasteiger charge is -2.03. The van der Waals surface area contributed by atoms with Crippen molar-refractivity contribution in [2.24, 2.45) is 0 Å². The molecule has 0 saturated heterocycles. The second-order valence-electron chi connectivity index (χ2n) is 3.97. The molecule has 0 amide bonds. The summed E-state index contributed by atoms with van der Waals surface area (Å²) in [7, 11) is 0. The molecule has 0 aliphatic rings. The molecule has 0 saturated carbocycles. The zero-order chi connectivity index (χ0) is 15.5. The molecule has 0 fully saturated rings. The number of carbonyl (C=O) groups excluding carboxylic acids is 1. The number of fused-ring (bicyclic) bond motifs is 1. The molecule has 0 bridgehead atoms. The second kappa shape index (κ2) is 5.60. The van der Waals surface area contributed by atoms with E-state index in [0.717, 1.165) is 5.39 Å². The van der Waals surface area contributed by atoms with Crippen LogP contribution in [0.25, 0.3) is 10.8 Å². The number of esters is 1. The van der Waals surface area contributed by atoms with Crippen LogP contribution in [0.1, 0.15) is 11.1 Å². The van der Waals surface area contributed by atoms with Crippen LogP contribution in [0.5, 0.6) is 0 Å². The fourth-order valence-corrected chi connectivity index (χ4v) is 1.75. The normalized spacial score (nSPS) is 10.4. The fourth-order valence-electron chi connectivity index (χ4n) is 1.75. The molecule has 0 heterocycles. The molecule has 0 radical (unpaired) electrons. The third-order valence-electron chi connectivity index (χ3n) is 2.62. The highest BCUT2D eigenvalue weighted by atomic mass is 19.4. The van der Waals surface area contributed by atoms with Gasteiger partial charge in [0.2, 0.25) is 0 Å². The van der Waals surface area contributed by atoms with Crippen molar-refractivity contribution in [3.05, 3.63) is 47.5 Å². The monoisotopic (exact) mass is 288 g/mol. The average Bonchev–Trinajstić information content (AvgIpc) is 2.45. The van der Waals surface area contributed by atoms with E-state index in [1.54, 1.807) is 42.5 Å². The van der Waals surface area contributed by atoms with E-state index in [-0.39, 0.29) is 0 Å². The summed E-state index contributed by atoms with van der Waals surface area (Å²) < 4.78 is 39.8. The summed E-state index contributed by atoms with van der Waals surface area (Å²) in [5.74, 6) is 2.50. The smallest absolute Gasteiger partial charge is 0.365 e. The topological polar surface area (TPSA) is 26.3 Å². The van der Waals surface area contributed by atoms with Gasteiger partial charge in [-0.15, -0.1) is 6.42 Å².